The summed E-state index contributed by atoms with van der Waals surface area (Å²) in [5.74, 6) is 0.557. The Bertz CT molecular complexity index is 790. The van der Waals surface area contributed by atoms with Crippen LogP contribution in [0.1, 0.15) is 60.4 Å². The Morgan fingerprint density at radius 3 is 1.96 bits per heavy atom. The lowest BCUT2D eigenvalue weighted by atomic mass is 10.0. The van der Waals surface area contributed by atoms with E-state index in [1.807, 2.05) is 52.0 Å². The van der Waals surface area contributed by atoms with E-state index in [1.54, 1.807) is 31.4 Å². The number of ether oxygens (including phenoxy) is 1. The van der Waals surface area contributed by atoms with Crippen LogP contribution in [-0.2, 0) is 6.42 Å². The minimum absolute atomic E-state index is 0.0402. The normalized spacial score (nSPS) is 12.2. The second-order valence-corrected chi connectivity index (χ2v) is 8.04. The van der Waals surface area contributed by atoms with E-state index in [0.29, 0.717) is 11.1 Å². The van der Waals surface area contributed by atoms with Crippen LogP contribution >= 0.6 is 0 Å². The standard InChI is InChI=1S/C23H30N2O3/c1-16(6-7-17-8-14-20(28-5)15-9-17)24-21(26)18-10-12-19(13-11-18)22(27)25-23(2,3)4/h8-16H,6-7H2,1-5H3,(H,24,26)(H,25,27). The molecule has 2 N–H and O–H groups in total. The zero-order valence-electron chi connectivity index (χ0n) is 17.3. The van der Waals surface area contributed by atoms with Gasteiger partial charge in [0, 0.05) is 22.7 Å². The molecular weight excluding hydrogens is 352 g/mol. The van der Waals surface area contributed by atoms with E-state index in [9.17, 15) is 9.59 Å². The second kappa shape index (κ2) is 9.40. The van der Waals surface area contributed by atoms with Gasteiger partial charge in [-0.1, -0.05) is 12.1 Å². The van der Waals surface area contributed by atoms with Crippen molar-refractivity contribution < 1.29 is 14.3 Å². The Hall–Kier alpha value is -2.82. The first-order valence-electron chi connectivity index (χ1n) is 9.54. The van der Waals surface area contributed by atoms with Crippen molar-refractivity contribution in [3.8, 4) is 5.75 Å². The van der Waals surface area contributed by atoms with E-state index < -0.39 is 0 Å². The highest BCUT2D eigenvalue weighted by Crippen LogP contribution is 2.13. The highest BCUT2D eigenvalue weighted by molar-refractivity contribution is 5.98. The number of nitrogens with one attached hydrogen (secondary N) is 2. The van der Waals surface area contributed by atoms with E-state index in [4.69, 9.17) is 4.74 Å². The smallest absolute Gasteiger partial charge is 0.251 e. The molecule has 0 saturated heterocycles. The molecule has 0 aromatic heterocycles. The van der Waals surface area contributed by atoms with Gasteiger partial charge in [0.15, 0.2) is 0 Å². The van der Waals surface area contributed by atoms with Gasteiger partial charge in [-0.3, -0.25) is 9.59 Å². The molecule has 2 amide bonds. The first-order valence-corrected chi connectivity index (χ1v) is 9.54. The van der Waals surface area contributed by atoms with Crippen LogP contribution in [0.25, 0.3) is 0 Å². The fourth-order valence-electron chi connectivity index (χ4n) is 2.74. The largest absolute Gasteiger partial charge is 0.497 e. The number of hydrogen-bond donors (Lipinski definition) is 2. The molecule has 0 saturated carbocycles. The predicted octanol–water partition coefficient (Wildman–Crippen LogP) is 3.97. The van der Waals surface area contributed by atoms with Crippen LogP contribution in [0.15, 0.2) is 48.5 Å². The van der Waals surface area contributed by atoms with Crippen molar-refractivity contribution in [1.29, 1.82) is 0 Å². The zero-order chi connectivity index (χ0) is 20.7. The minimum Gasteiger partial charge on any atom is -0.497 e. The fraction of sp³-hybridized carbons (Fsp3) is 0.391. The van der Waals surface area contributed by atoms with Crippen molar-refractivity contribution in [3.05, 3.63) is 65.2 Å². The number of carbonyl (C=O) groups excluding carboxylic acids is 2. The molecule has 0 spiro atoms. The topological polar surface area (TPSA) is 67.4 Å². The molecule has 0 aliphatic carbocycles. The molecule has 1 atom stereocenters. The lowest BCUT2D eigenvalue weighted by Crippen LogP contribution is -2.40. The van der Waals surface area contributed by atoms with E-state index in [2.05, 4.69) is 10.6 Å². The van der Waals surface area contributed by atoms with Gasteiger partial charge >= 0.3 is 0 Å². The van der Waals surface area contributed by atoms with Crippen molar-refractivity contribution in [1.82, 2.24) is 10.6 Å². The van der Waals surface area contributed by atoms with Gasteiger partial charge in [-0.25, -0.2) is 0 Å². The zero-order valence-corrected chi connectivity index (χ0v) is 17.3. The summed E-state index contributed by atoms with van der Waals surface area (Å²) in [6.45, 7) is 7.78. The van der Waals surface area contributed by atoms with Crippen molar-refractivity contribution >= 4 is 11.8 Å². The molecule has 150 valence electrons. The number of rotatable bonds is 7. The maximum absolute atomic E-state index is 12.4. The lowest BCUT2D eigenvalue weighted by molar-refractivity contribution is 0.0913. The quantitative estimate of drug-likeness (QED) is 0.761. The first kappa shape index (κ1) is 21.5. The molecule has 0 heterocycles. The summed E-state index contributed by atoms with van der Waals surface area (Å²) in [6.07, 6.45) is 1.71. The van der Waals surface area contributed by atoms with E-state index >= 15 is 0 Å². The molecule has 1 unspecified atom stereocenters. The van der Waals surface area contributed by atoms with Gasteiger partial charge in [0.2, 0.25) is 0 Å². The van der Waals surface area contributed by atoms with Crippen LogP contribution in [0, 0.1) is 0 Å². The summed E-state index contributed by atoms with van der Waals surface area (Å²) in [7, 11) is 1.65. The summed E-state index contributed by atoms with van der Waals surface area (Å²) in [4.78, 5) is 24.6. The van der Waals surface area contributed by atoms with Gasteiger partial charge in [-0.05, 0) is 82.5 Å². The Morgan fingerprint density at radius 1 is 0.929 bits per heavy atom. The molecule has 2 aromatic carbocycles. The number of hydrogen-bond acceptors (Lipinski definition) is 3. The van der Waals surface area contributed by atoms with Gasteiger partial charge in [-0.2, -0.15) is 0 Å². The molecule has 0 aliphatic rings. The third-order valence-corrected chi connectivity index (χ3v) is 4.30. The maximum atomic E-state index is 12.4. The summed E-state index contributed by atoms with van der Waals surface area (Å²) < 4.78 is 5.16. The Morgan fingerprint density at radius 2 is 1.46 bits per heavy atom. The van der Waals surface area contributed by atoms with Gasteiger partial charge in [0.25, 0.3) is 11.8 Å². The third kappa shape index (κ3) is 6.72. The first-order chi connectivity index (χ1) is 13.2. The Kier molecular flexibility index (Phi) is 7.21. The van der Waals surface area contributed by atoms with Crippen LogP contribution in [0.3, 0.4) is 0 Å². The third-order valence-electron chi connectivity index (χ3n) is 4.30. The summed E-state index contributed by atoms with van der Waals surface area (Å²) >= 11 is 0. The van der Waals surface area contributed by atoms with Crippen LogP contribution in [0.5, 0.6) is 5.75 Å². The molecule has 2 rings (SSSR count). The Balaban J connectivity index is 1.86. The molecule has 0 aliphatic heterocycles. The average molecular weight is 383 g/mol. The fourth-order valence-corrected chi connectivity index (χ4v) is 2.74. The number of aryl methyl sites for hydroxylation is 1. The predicted molar refractivity (Wildman–Crippen MR) is 112 cm³/mol. The molecule has 5 heteroatoms. The van der Waals surface area contributed by atoms with E-state index in [0.717, 1.165) is 18.6 Å². The van der Waals surface area contributed by atoms with Gasteiger partial charge in [0.1, 0.15) is 5.75 Å². The van der Waals surface area contributed by atoms with Crippen molar-refractivity contribution in [2.24, 2.45) is 0 Å². The van der Waals surface area contributed by atoms with Crippen LogP contribution in [0.4, 0.5) is 0 Å². The van der Waals surface area contributed by atoms with Crippen LogP contribution in [0.2, 0.25) is 0 Å². The highest BCUT2D eigenvalue weighted by atomic mass is 16.5. The molecule has 0 bridgehead atoms. The highest BCUT2D eigenvalue weighted by Gasteiger charge is 2.16. The van der Waals surface area contributed by atoms with Crippen molar-refractivity contribution in [2.75, 3.05) is 7.11 Å². The monoisotopic (exact) mass is 382 g/mol. The Labute approximate surface area is 167 Å². The van der Waals surface area contributed by atoms with Crippen LogP contribution in [-0.4, -0.2) is 30.5 Å². The summed E-state index contributed by atoms with van der Waals surface area (Å²) in [5, 5.41) is 5.92. The number of methoxy groups -OCH3 is 1. The maximum Gasteiger partial charge on any atom is 0.251 e. The molecule has 0 fully saturated rings. The van der Waals surface area contributed by atoms with E-state index in [-0.39, 0.29) is 23.4 Å². The van der Waals surface area contributed by atoms with Crippen LogP contribution < -0.4 is 15.4 Å². The molecule has 28 heavy (non-hydrogen) atoms. The average Bonchev–Trinajstić information content (AvgIpc) is 2.65. The SMILES string of the molecule is COc1ccc(CCC(C)NC(=O)c2ccc(C(=O)NC(C)(C)C)cc2)cc1. The number of benzene rings is 2. The minimum atomic E-state index is -0.299. The van der Waals surface area contributed by atoms with E-state index in [1.165, 1.54) is 5.56 Å². The van der Waals surface area contributed by atoms with Crippen molar-refractivity contribution in [2.45, 2.75) is 52.1 Å². The number of carbonyl (C=O) groups is 2. The second-order valence-electron chi connectivity index (χ2n) is 8.04. The van der Waals surface area contributed by atoms with Gasteiger partial charge in [0.05, 0.1) is 7.11 Å². The molecule has 0 radical (unpaired) electrons. The number of amides is 2. The molecular formula is C23H30N2O3. The molecule has 5 nitrogen and oxygen atoms in total. The summed E-state index contributed by atoms with van der Waals surface area (Å²) in [5.41, 5.74) is 1.99. The lowest BCUT2D eigenvalue weighted by Gasteiger charge is -2.20. The van der Waals surface area contributed by atoms with Gasteiger partial charge in [-0.15, -0.1) is 0 Å². The van der Waals surface area contributed by atoms with Crippen molar-refractivity contribution in [3.63, 3.8) is 0 Å². The van der Waals surface area contributed by atoms with Gasteiger partial charge < -0.3 is 15.4 Å². The summed E-state index contributed by atoms with van der Waals surface area (Å²) in [6, 6.07) is 14.7. The molecule has 2 aromatic rings.